The third kappa shape index (κ3) is 3.56. The summed E-state index contributed by atoms with van der Waals surface area (Å²) in [5.41, 5.74) is 5.98. The number of carbonyl (C=O) groups is 1. The van der Waals surface area contributed by atoms with Crippen LogP contribution in [0.1, 0.15) is 11.7 Å². The lowest BCUT2D eigenvalue weighted by molar-refractivity contribution is -0.269. The number of aliphatic hydroxyl groups is 1. The number of aliphatic hydroxyl groups excluding tert-OH is 1. The first-order valence-electron chi connectivity index (χ1n) is 5.32. The Morgan fingerprint density at radius 1 is 1.20 bits per heavy atom. The largest absolute Gasteiger partial charge is 0.463 e. The monoisotopic (exact) mass is 298 g/mol. The molecule has 112 valence electrons. The van der Waals surface area contributed by atoms with Gasteiger partial charge < -0.3 is 16.2 Å². The van der Waals surface area contributed by atoms with Crippen molar-refractivity contribution in [3.05, 3.63) is 29.8 Å². The average Bonchev–Trinajstić information content (AvgIpc) is 2.34. The Kier molecular flexibility index (Phi) is 4.53. The molecule has 0 saturated heterocycles. The fraction of sp³-hybridized carbons (Fsp3) is 0.364. The fourth-order valence-electron chi connectivity index (χ4n) is 1.27. The highest BCUT2D eigenvalue weighted by Crippen LogP contribution is 2.35. The fourth-order valence-corrected chi connectivity index (χ4v) is 1.27. The van der Waals surface area contributed by atoms with Crippen molar-refractivity contribution >= 4 is 11.6 Å². The highest BCUT2D eigenvalue weighted by Gasteiger charge is 2.63. The maximum atomic E-state index is 12.6. The Labute approximate surface area is 110 Å². The first-order chi connectivity index (χ1) is 9.05. The minimum atomic E-state index is -5.98. The Morgan fingerprint density at radius 2 is 1.70 bits per heavy atom. The van der Waals surface area contributed by atoms with Gasteiger partial charge in [-0.05, 0) is 17.7 Å². The summed E-state index contributed by atoms with van der Waals surface area (Å²) in [6.45, 7) is -0.783. The molecule has 4 nitrogen and oxygen atoms in total. The topological polar surface area (TPSA) is 75.3 Å². The minimum absolute atomic E-state index is 0.217. The first kappa shape index (κ1) is 16.2. The molecule has 0 bridgehead atoms. The van der Waals surface area contributed by atoms with Gasteiger partial charge in [-0.25, -0.2) is 0 Å². The summed E-state index contributed by atoms with van der Waals surface area (Å²) in [6.07, 6.45) is -7.41. The highest BCUT2D eigenvalue weighted by atomic mass is 19.4. The Bertz CT molecular complexity index is 473. The van der Waals surface area contributed by atoms with E-state index in [1.807, 2.05) is 0 Å². The van der Waals surface area contributed by atoms with Crippen LogP contribution in [0.25, 0.3) is 0 Å². The van der Waals surface area contributed by atoms with Crippen LogP contribution in [0, 0.1) is 0 Å². The molecule has 0 aliphatic rings. The number of benzene rings is 1. The molecule has 0 saturated carbocycles. The average molecular weight is 298 g/mol. The van der Waals surface area contributed by atoms with E-state index in [0.717, 1.165) is 0 Å². The zero-order valence-electron chi connectivity index (χ0n) is 9.92. The maximum absolute atomic E-state index is 12.6. The molecule has 1 atom stereocenters. The maximum Gasteiger partial charge on any atom is 0.463 e. The van der Waals surface area contributed by atoms with Crippen molar-refractivity contribution in [3.8, 4) is 0 Å². The Morgan fingerprint density at radius 3 is 2.15 bits per heavy atom. The molecule has 0 heterocycles. The number of hydrogen-bond donors (Lipinski definition) is 3. The van der Waals surface area contributed by atoms with Crippen LogP contribution < -0.4 is 11.1 Å². The smallest absolute Gasteiger partial charge is 0.399 e. The van der Waals surface area contributed by atoms with Crippen molar-refractivity contribution < 1.29 is 31.9 Å². The van der Waals surface area contributed by atoms with Crippen molar-refractivity contribution in [2.75, 3.05) is 12.3 Å². The summed E-state index contributed by atoms with van der Waals surface area (Å²) < 4.78 is 60.9. The number of rotatable bonds is 4. The van der Waals surface area contributed by atoms with Crippen LogP contribution >= 0.6 is 0 Å². The van der Waals surface area contributed by atoms with Gasteiger partial charge in [-0.2, -0.15) is 22.0 Å². The van der Waals surface area contributed by atoms with E-state index >= 15 is 0 Å². The number of alkyl halides is 5. The molecule has 0 radical (unpaired) electrons. The number of anilines is 1. The number of nitrogens with two attached hydrogens (primary N) is 1. The van der Waals surface area contributed by atoms with Crippen LogP contribution in [0.2, 0.25) is 0 Å². The molecule has 0 spiro atoms. The molecule has 1 aromatic carbocycles. The van der Waals surface area contributed by atoms with Crippen molar-refractivity contribution in [3.63, 3.8) is 0 Å². The normalized spacial score (nSPS) is 13.9. The summed E-state index contributed by atoms with van der Waals surface area (Å²) >= 11 is 0. The number of hydrogen-bond acceptors (Lipinski definition) is 3. The van der Waals surface area contributed by atoms with Crippen LogP contribution in [-0.4, -0.2) is 29.7 Å². The van der Waals surface area contributed by atoms with Crippen LogP contribution in [0.3, 0.4) is 0 Å². The number of nitrogens with one attached hydrogen (secondary N) is 1. The summed E-state index contributed by atoms with van der Waals surface area (Å²) in [5.74, 6) is -8.02. The quantitative estimate of drug-likeness (QED) is 0.584. The predicted molar refractivity (Wildman–Crippen MR) is 59.8 cm³/mol. The lowest BCUT2D eigenvalue weighted by Gasteiger charge is -2.20. The SMILES string of the molecule is Nc1ccc(C(O)CNC(=O)C(F)(F)C(F)(F)F)cc1. The zero-order valence-corrected chi connectivity index (χ0v) is 9.92. The molecule has 0 aliphatic carbocycles. The van der Waals surface area contributed by atoms with Gasteiger partial charge in [-0.15, -0.1) is 0 Å². The van der Waals surface area contributed by atoms with Crippen LogP contribution in [0.15, 0.2) is 24.3 Å². The Balaban J connectivity index is 2.63. The lowest BCUT2D eigenvalue weighted by Crippen LogP contribution is -2.51. The van der Waals surface area contributed by atoms with Crippen LogP contribution in [-0.2, 0) is 4.79 Å². The molecule has 0 fully saturated rings. The van der Waals surface area contributed by atoms with Gasteiger partial charge in [0.2, 0.25) is 0 Å². The molecular weight excluding hydrogens is 287 g/mol. The standard InChI is InChI=1S/C11H11F5N2O2/c12-10(13,11(14,15)16)9(20)18-5-8(19)6-1-3-7(17)4-2-6/h1-4,8,19H,5,17H2,(H,18,20). The predicted octanol–water partition coefficient (Wildman–Crippen LogP) is 1.62. The number of halogens is 5. The molecule has 20 heavy (non-hydrogen) atoms. The summed E-state index contributed by atoms with van der Waals surface area (Å²) in [6, 6.07) is 5.53. The molecule has 4 N–H and O–H groups in total. The molecule has 1 aromatic rings. The van der Waals surface area contributed by atoms with Gasteiger partial charge in [-0.1, -0.05) is 12.1 Å². The molecule has 1 amide bonds. The molecule has 0 aliphatic heterocycles. The van der Waals surface area contributed by atoms with Crippen molar-refractivity contribution in [1.82, 2.24) is 5.32 Å². The van der Waals surface area contributed by atoms with Crippen molar-refractivity contribution in [1.29, 1.82) is 0 Å². The number of amides is 1. The molecule has 9 heteroatoms. The summed E-state index contributed by atoms with van der Waals surface area (Å²) in [5, 5.41) is 10.9. The van der Waals surface area contributed by atoms with Crippen molar-refractivity contribution in [2.45, 2.75) is 18.2 Å². The zero-order chi connectivity index (χ0) is 15.6. The summed E-state index contributed by atoms with van der Waals surface area (Å²) in [4.78, 5) is 10.8. The van der Waals surface area contributed by atoms with Crippen LogP contribution in [0.5, 0.6) is 0 Å². The second kappa shape index (κ2) is 5.61. The molecule has 1 rings (SSSR count). The van der Waals surface area contributed by atoms with Gasteiger partial charge in [0.25, 0.3) is 5.91 Å². The minimum Gasteiger partial charge on any atom is -0.399 e. The third-order valence-electron chi connectivity index (χ3n) is 2.42. The first-order valence-corrected chi connectivity index (χ1v) is 5.32. The van der Waals surface area contributed by atoms with Gasteiger partial charge in [0.05, 0.1) is 6.10 Å². The van der Waals surface area contributed by atoms with Gasteiger partial charge in [0.15, 0.2) is 0 Å². The number of carbonyl (C=O) groups excluding carboxylic acids is 1. The molecular formula is C11H11F5N2O2. The van der Waals surface area contributed by atoms with E-state index in [0.29, 0.717) is 5.69 Å². The van der Waals surface area contributed by atoms with E-state index in [2.05, 4.69) is 0 Å². The summed E-state index contributed by atoms with van der Waals surface area (Å²) in [7, 11) is 0. The van der Waals surface area contributed by atoms with E-state index in [4.69, 9.17) is 5.73 Å². The van der Waals surface area contributed by atoms with Gasteiger partial charge >= 0.3 is 12.1 Å². The molecule has 0 aromatic heterocycles. The van der Waals surface area contributed by atoms with E-state index in [1.54, 1.807) is 0 Å². The van der Waals surface area contributed by atoms with E-state index in [-0.39, 0.29) is 5.56 Å². The third-order valence-corrected chi connectivity index (χ3v) is 2.42. The van der Waals surface area contributed by atoms with E-state index < -0.39 is 30.7 Å². The lowest BCUT2D eigenvalue weighted by atomic mass is 10.1. The highest BCUT2D eigenvalue weighted by molar-refractivity contribution is 5.84. The van der Waals surface area contributed by atoms with Gasteiger partial charge in [0.1, 0.15) is 0 Å². The van der Waals surface area contributed by atoms with Gasteiger partial charge in [-0.3, -0.25) is 4.79 Å². The van der Waals surface area contributed by atoms with Gasteiger partial charge in [0, 0.05) is 12.2 Å². The van der Waals surface area contributed by atoms with E-state index in [9.17, 15) is 31.9 Å². The number of nitrogen functional groups attached to an aromatic ring is 1. The van der Waals surface area contributed by atoms with Crippen LogP contribution in [0.4, 0.5) is 27.6 Å². The second-order valence-corrected chi connectivity index (χ2v) is 3.96. The molecule has 1 unspecified atom stereocenters. The Hall–Kier alpha value is -1.90. The van der Waals surface area contributed by atoms with Crippen molar-refractivity contribution in [2.24, 2.45) is 0 Å². The second-order valence-electron chi connectivity index (χ2n) is 3.96. The van der Waals surface area contributed by atoms with E-state index in [1.165, 1.54) is 29.6 Å².